The summed E-state index contributed by atoms with van der Waals surface area (Å²) in [6.45, 7) is 0. The molecule has 1 aromatic heterocycles. The number of H-pyrrole nitrogens is 1. The molecule has 7 nitrogen and oxygen atoms in total. The molecule has 1 aromatic carbocycles. The van der Waals surface area contributed by atoms with Crippen LogP contribution in [-0.4, -0.2) is 29.9 Å². The van der Waals surface area contributed by atoms with Gasteiger partial charge in [0.1, 0.15) is 5.69 Å². The number of hydrogen-bond donors (Lipinski definition) is 3. The number of aromatic nitrogens is 1. The van der Waals surface area contributed by atoms with Crippen LogP contribution in [0, 0.1) is 0 Å². The van der Waals surface area contributed by atoms with E-state index in [0.29, 0.717) is 5.56 Å². The summed E-state index contributed by atoms with van der Waals surface area (Å²) in [6, 6.07) is 10.9. The summed E-state index contributed by atoms with van der Waals surface area (Å²) in [5.74, 6) is -1.42. The van der Waals surface area contributed by atoms with Gasteiger partial charge in [0.15, 0.2) is 0 Å². The molecule has 0 saturated heterocycles. The summed E-state index contributed by atoms with van der Waals surface area (Å²) >= 11 is 0. The van der Waals surface area contributed by atoms with Crippen LogP contribution in [0.25, 0.3) is 0 Å². The van der Waals surface area contributed by atoms with Crippen molar-refractivity contribution in [2.75, 3.05) is 7.05 Å². The summed E-state index contributed by atoms with van der Waals surface area (Å²) in [5.41, 5.74) is 0.678. The highest BCUT2D eigenvalue weighted by Gasteiger charge is 2.27. The molecule has 7 heteroatoms. The molecule has 0 bridgehead atoms. The number of rotatable bonds is 4. The zero-order valence-electron chi connectivity index (χ0n) is 11.8. The summed E-state index contributed by atoms with van der Waals surface area (Å²) in [6.07, 6.45) is 0.341. The first kappa shape index (κ1) is 15.3. The molecular formula is C15H15N3O4. The Labute approximate surface area is 126 Å². The molecule has 0 fully saturated rings. The van der Waals surface area contributed by atoms with Crippen LogP contribution >= 0.6 is 0 Å². The molecule has 2 aromatic rings. The number of nitrogens with one attached hydrogen (secondary N) is 3. The maximum absolute atomic E-state index is 12.2. The standard InChI is InChI=1S/C15H15N3O4/c1-16-15(21)18-13(19)12(10-6-3-2-4-7-10)22-14(20)11-8-5-9-17-11/h2-9,12,17H,1H3,(H2,16,18,19,21)/t12-/m0/s1. The van der Waals surface area contributed by atoms with Crippen LogP contribution < -0.4 is 10.6 Å². The number of benzene rings is 1. The first-order valence-electron chi connectivity index (χ1n) is 6.53. The van der Waals surface area contributed by atoms with Gasteiger partial charge in [0.05, 0.1) is 0 Å². The van der Waals surface area contributed by atoms with Gasteiger partial charge in [-0.25, -0.2) is 9.59 Å². The zero-order valence-corrected chi connectivity index (χ0v) is 11.8. The van der Waals surface area contributed by atoms with Crippen LogP contribution in [0.5, 0.6) is 0 Å². The van der Waals surface area contributed by atoms with Crippen molar-refractivity contribution in [3.05, 3.63) is 59.9 Å². The lowest BCUT2D eigenvalue weighted by molar-refractivity contribution is -0.129. The molecule has 0 saturated carbocycles. The Morgan fingerprint density at radius 3 is 2.41 bits per heavy atom. The van der Waals surface area contributed by atoms with Crippen molar-refractivity contribution >= 4 is 17.9 Å². The van der Waals surface area contributed by atoms with E-state index in [1.54, 1.807) is 42.6 Å². The van der Waals surface area contributed by atoms with E-state index in [2.05, 4.69) is 15.6 Å². The van der Waals surface area contributed by atoms with Gasteiger partial charge in [0.2, 0.25) is 6.10 Å². The number of hydrogen-bond acceptors (Lipinski definition) is 4. The summed E-state index contributed by atoms with van der Waals surface area (Å²) in [5, 5.41) is 4.37. The second-order valence-electron chi connectivity index (χ2n) is 4.35. The Morgan fingerprint density at radius 2 is 1.82 bits per heavy atom. The van der Waals surface area contributed by atoms with Crippen molar-refractivity contribution in [3.63, 3.8) is 0 Å². The van der Waals surface area contributed by atoms with E-state index in [4.69, 9.17) is 4.74 Å². The van der Waals surface area contributed by atoms with Crippen LogP contribution in [0.2, 0.25) is 0 Å². The zero-order chi connectivity index (χ0) is 15.9. The molecule has 0 aliphatic heterocycles. The normalized spacial score (nSPS) is 11.3. The molecule has 3 amide bonds. The fourth-order valence-electron chi connectivity index (χ4n) is 1.77. The van der Waals surface area contributed by atoms with Crippen molar-refractivity contribution in [2.24, 2.45) is 0 Å². The highest BCUT2D eigenvalue weighted by atomic mass is 16.5. The third-order valence-electron chi connectivity index (χ3n) is 2.85. The highest BCUT2D eigenvalue weighted by molar-refractivity contribution is 5.98. The lowest BCUT2D eigenvalue weighted by Crippen LogP contribution is -2.41. The molecule has 0 spiro atoms. The van der Waals surface area contributed by atoms with E-state index in [9.17, 15) is 14.4 Å². The fraction of sp³-hybridized carbons (Fsp3) is 0.133. The van der Waals surface area contributed by atoms with Gasteiger partial charge in [-0.15, -0.1) is 0 Å². The Hall–Kier alpha value is -3.09. The Morgan fingerprint density at radius 1 is 1.09 bits per heavy atom. The molecule has 22 heavy (non-hydrogen) atoms. The maximum atomic E-state index is 12.2. The third-order valence-corrected chi connectivity index (χ3v) is 2.85. The molecule has 3 N–H and O–H groups in total. The molecule has 2 rings (SSSR count). The topological polar surface area (TPSA) is 100 Å². The first-order valence-corrected chi connectivity index (χ1v) is 6.53. The third kappa shape index (κ3) is 3.72. The molecule has 0 aliphatic carbocycles. The SMILES string of the molecule is CNC(=O)NC(=O)[C@@H](OC(=O)c1ccc[nH]1)c1ccccc1. The second kappa shape index (κ2) is 7.07. The number of amides is 3. The van der Waals surface area contributed by atoms with E-state index < -0.39 is 24.0 Å². The number of carbonyl (C=O) groups is 3. The Balaban J connectivity index is 2.20. The van der Waals surface area contributed by atoms with Gasteiger partial charge in [0.25, 0.3) is 5.91 Å². The van der Waals surface area contributed by atoms with Gasteiger partial charge in [0, 0.05) is 18.8 Å². The summed E-state index contributed by atoms with van der Waals surface area (Å²) in [4.78, 5) is 38.2. The highest BCUT2D eigenvalue weighted by Crippen LogP contribution is 2.19. The number of carbonyl (C=O) groups excluding carboxylic acids is 3. The van der Waals surface area contributed by atoms with Crippen LogP contribution in [0.4, 0.5) is 4.79 Å². The van der Waals surface area contributed by atoms with Crippen LogP contribution in [0.15, 0.2) is 48.7 Å². The average Bonchev–Trinajstić information content (AvgIpc) is 3.07. The molecular weight excluding hydrogens is 286 g/mol. The summed E-state index contributed by atoms with van der Waals surface area (Å²) in [7, 11) is 1.38. The quantitative estimate of drug-likeness (QED) is 0.742. The van der Waals surface area contributed by atoms with Gasteiger partial charge < -0.3 is 15.0 Å². The molecule has 0 aliphatic rings. The Kier molecular flexibility index (Phi) is 4.92. The number of aromatic amines is 1. The molecule has 1 heterocycles. The van der Waals surface area contributed by atoms with Crippen molar-refractivity contribution in [1.82, 2.24) is 15.6 Å². The lowest BCUT2D eigenvalue weighted by atomic mass is 10.1. The molecule has 0 unspecified atom stereocenters. The van der Waals surface area contributed by atoms with Crippen molar-refractivity contribution in [2.45, 2.75) is 6.10 Å². The van der Waals surface area contributed by atoms with E-state index in [1.807, 2.05) is 0 Å². The minimum atomic E-state index is -1.23. The largest absolute Gasteiger partial charge is 0.443 e. The van der Waals surface area contributed by atoms with E-state index in [-0.39, 0.29) is 5.69 Å². The molecule has 1 atom stereocenters. The number of imide groups is 1. The average molecular weight is 301 g/mol. The van der Waals surface area contributed by atoms with E-state index in [0.717, 1.165) is 0 Å². The van der Waals surface area contributed by atoms with Crippen LogP contribution in [-0.2, 0) is 9.53 Å². The minimum Gasteiger partial charge on any atom is -0.443 e. The smallest absolute Gasteiger partial charge is 0.355 e. The van der Waals surface area contributed by atoms with Crippen LogP contribution in [0.1, 0.15) is 22.2 Å². The van der Waals surface area contributed by atoms with Crippen LogP contribution in [0.3, 0.4) is 0 Å². The lowest BCUT2D eigenvalue weighted by Gasteiger charge is -2.17. The van der Waals surface area contributed by atoms with Gasteiger partial charge in [-0.05, 0) is 12.1 Å². The fourth-order valence-corrected chi connectivity index (χ4v) is 1.77. The number of ether oxygens (including phenoxy) is 1. The summed E-state index contributed by atoms with van der Waals surface area (Å²) < 4.78 is 5.23. The van der Waals surface area contributed by atoms with Gasteiger partial charge >= 0.3 is 12.0 Å². The maximum Gasteiger partial charge on any atom is 0.355 e. The van der Waals surface area contributed by atoms with Gasteiger partial charge in [-0.2, -0.15) is 0 Å². The molecule has 114 valence electrons. The molecule has 0 radical (unpaired) electrons. The first-order chi connectivity index (χ1) is 10.6. The van der Waals surface area contributed by atoms with Crippen molar-refractivity contribution in [3.8, 4) is 0 Å². The number of esters is 1. The van der Waals surface area contributed by atoms with Crippen molar-refractivity contribution in [1.29, 1.82) is 0 Å². The Bertz CT molecular complexity index is 653. The number of urea groups is 1. The van der Waals surface area contributed by atoms with E-state index >= 15 is 0 Å². The second-order valence-corrected chi connectivity index (χ2v) is 4.35. The van der Waals surface area contributed by atoms with E-state index in [1.165, 1.54) is 13.1 Å². The minimum absolute atomic E-state index is 0.216. The monoisotopic (exact) mass is 301 g/mol. The van der Waals surface area contributed by atoms with Gasteiger partial charge in [-0.1, -0.05) is 30.3 Å². The predicted molar refractivity (Wildman–Crippen MR) is 78.0 cm³/mol. The predicted octanol–water partition coefficient (Wildman–Crippen LogP) is 1.37. The van der Waals surface area contributed by atoms with Crippen molar-refractivity contribution < 1.29 is 19.1 Å². The van der Waals surface area contributed by atoms with Gasteiger partial charge in [-0.3, -0.25) is 10.1 Å².